The Hall–Kier alpha value is -0.290. The van der Waals surface area contributed by atoms with Gasteiger partial charge in [0.1, 0.15) is 0 Å². The summed E-state index contributed by atoms with van der Waals surface area (Å²) in [6, 6.07) is 0. The molecule has 1 N–H and O–H groups in total. The number of unbranched alkanes of at least 4 members (excludes halogenated alkanes) is 24. The van der Waals surface area contributed by atoms with E-state index in [1.54, 1.807) is 6.26 Å². The van der Waals surface area contributed by atoms with E-state index < -0.39 is 0 Å². The van der Waals surface area contributed by atoms with E-state index in [0.717, 1.165) is 12.8 Å². The van der Waals surface area contributed by atoms with Gasteiger partial charge in [0, 0.05) is 19.4 Å². The highest BCUT2D eigenvalue weighted by Crippen LogP contribution is 2.35. The van der Waals surface area contributed by atoms with Crippen LogP contribution in [0.5, 0.6) is 0 Å². The number of hydrogen-bond acceptors (Lipinski definition) is 4. The highest BCUT2D eigenvalue weighted by molar-refractivity contribution is 7.79. The van der Waals surface area contributed by atoms with E-state index in [0.29, 0.717) is 13.0 Å². The maximum Gasteiger partial charge on any atom is 0.168 e. The van der Waals surface area contributed by atoms with E-state index in [2.05, 4.69) is 50.8 Å². The fraction of sp³-hybridized carbons (Fsp3) is 0.905. The second-order valence-electron chi connectivity index (χ2n) is 13.8. The predicted octanol–water partition coefficient (Wildman–Crippen LogP) is 13.9. The molecule has 0 spiro atoms. The van der Waals surface area contributed by atoms with Gasteiger partial charge in [0.15, 0.2) is 5.79 Å². The van der Waals surface area contributed by atoms with Crippen LogP contribution in [0.15, 0.2) is 24.3 Å². The zero-order chi connectivity index (χ0) is 33.7. The van der Waals surface area contributed by atoms with Crippen LogP contribution >= 0.6 is 12.6 Å². The molecule has 0 amide bonds. The zero-order valence-corrected chi connectivity index (χ0v) is 32.3. The van der Waals surface area contributed by atoms with Gasteiger partial charge < -0.3 is 14.6 Å². The predicted molar refractivity (Wildman–Crippen MR) is 208 cm³/mol. The molecule has 0 aromatic carbocycles. The maximum absolute atomic E-state index is 9.40. The van der Waals surface area contributed by atoms with Crippen molar-refractivity contribution in [2.45, 2.75) is 225 Å². The van der Waals surface area contributed by atoms with Crippen molar-refractivity contribution in [2.75, 3.05) is 19.5 Å². The molecule has 3 nitrogen and oxygen atoms in total. The number of thiol groups is 1. The second kappa shape index (κ2) is 37.5. The summed E-state index contributed by atoms with van der Waals surface area (Å²) in [6.07, 6.45) is 51.6. The summed E-state index contributed by atoms with van der Waals surface area (Å²) in [5.41, 5.74) is 0. The monoisotopic (exact) mass is 667 g/mol. The molecule has 0 bridgehead atoms. The molecule has 46 heavy (non-hydrogen) atoms. The third kappa shape index (κ3) is 29.8. The van der Waals surface area contributed by atoms with Crippen molar-refractivity contribution in [3.05, 3.63) is 24.3 Å². The molecular weight excluding hydrogens is 585 g/mol. The van der Waals surface area contributed by atoms with Crippen molar-refractivity contribution in [2.24, 2.45) is 0 Å². The van der Waals surface area contributed by atoms with Gasteiger partial charge in [-0.2, -0.15) is 12.6 Å². The molecule has 1 rings (SSSR count). The number of hydrogen-bond donors (Lipinski definition) is 2. The Morgan fingerprint density at radius 2 is 0.848 bits per heavy atom. The molecule has 1 fully saturated rings. The first-order chi connectivity index (χ1) is 22.8. The van der Waals surface area contributed by atoms with E-state index in [1.165, 1.54) is 180 Å². The first-order valence-electron chi connectivity index (χ1n) is 20.4. The fourth-order valence-corrected chi connectivity index (χ4v) is 6.57. The summed E-state index contributed by atoms with van der Waals surface area (Å²) >= 11 is 3.53. The van der Waals surface area contributed by atoms with Crippen LogP contribution in [0.25, 0.3) is 0 Å². The summed E-state index contributed by atoms with van der Waals surface area (Å²) in [5, 5.41) is 9.40. The molecule has 1 saturated heterocycles. The van der Waals surface area contributed by atoms with Gasteiger partial charge in [0.2, 0.25) is 0 Å². The molecule has 0 aromatic heterocycles. The molecular formula is C42H82O3S. The lowest BCUT2D eigenvalue weighted by molar-refractivity contribution is -0.180. The molecule has 4 heteroatoms. The smallest absolute Gasteiger partial charge is 0.168 e. The normalized spacial score (nSPS) is 16.1. The summed E-state index contributed by atoms with van der Waals surface area (Å²) < 4.78 is 12.7. The lowest BCUT2D eigenvalue weighted by Crippen LogP contribution is -2.31. The summed E-state index contributed by atoms with van der Waals surface area (Å²) in [5.74, 6) is -0.387. The van der Waals surface area contributed by atoms with Gasteiger partial charge in [-0.1, -0.05) is 154 Å². The highest BCUT2D eigenvalue weighted by atomic mass is 32.1. The number of rotatable bonds is 34. The minimum Gasteiger partial charge on any atom is -0.396 e. The molecule has 274 valence electrons. The van der Waals surface area contributed by atoms with Crippen molar-refractivity contribution in [1.82, 2.24) is 0 Å². The van der Waals surface area contributed by atoms with Gasteiger partial charge in [0.05, 0.1) is 12.7 Å². The van der Waals surface area contributed by atoms with Crippen molar-refractivity contribution < 1.29 is 14.6 Å². The van der Waals surface area contributed by atoms with Crippen molar-refractivity contribution in [3.63, 3.8) is 0 Å². The van der Waals surface area contributed by atoms with Crippen LogP contribution in [0, 0.1) is 0 Å². The van der Waals surface area contributed by atoms with Crippen LogP contribution in [0.2, 0.25) is 0 Å². The highest BCUT2D eigenvalue weighted by Gasteiger charge is 2.40. The Morgan fingerprint density at radius 3 is 1.20 bits per heavy atom. The Morgan fingerprint density at radius 1 is 0.522 bits per heavy atom. The first-order valence-corrected chi connectivity index (χ1v) is 21.3. The quantitative estimate of drug-likeness (QED) is 0.0408. The average molecular weight is 667 g/mol. The standard InChI is InChI=1S/C41H78O3.CH4S/c1-3-5-7-9-11-13-15-17-19-21-23-25-27-29-31-33-36-41(43-39-40(44-41)35-38-42)37-34-32-30-28-26-24-22-20-18-16-14-12-10-8-6-4-2;1-2/h17-20,40,42H,3-16,21-39H2,1-2H3;2H,1H3/b19-17-,20-18-;. The van der Waals surface area contributed by atoms with E-state index in [1.807, 2.05) is 0 Å². The Balaban J connectivity index is 0.00000991. The average Bonchev–Trinajstić information content (AvgIpc) is 3.48. The lowest BCUT2D eigenvalue weighted by Gasteiger charge is -2.28. The minimum absolute atomic E-state index is 0.0724. The number of allylic oxidation sites excluding steroid dienone is 4. The van der Waals surface area contributed by atoms with E-state index in [9.17, 15) is 5.11 Å². The van der Waals surface area contributed by atoms with Crippen LogP contribution in [0.4, 0.5) is 0 Å². The third-order valence-electron chi connectivity index (χ3n) is 9.50. The molecule has 1 heterocycles. The zero-order valence-electron chi connectivity index (χ0n) is 31.4. The molecule has 1 unspecified atom stereocenters. The molecule has 0 aliphatic carbocycles. The molecule has 0 radical (unpaired) electrons. The Labute approximate surface area is 294 Å². The summed E-state index contributed by atoms with van der Waals surface area (Å²) in [7, 11) is 0. The molecule has 0 aromatic rings. The van der Waals surface area contributed by atoms with Gasteiger partial charge in [-0.3, -0.25) is 0 Å². The van der Waals surface area contributed by atoms with E-state index >= 15 is 0 Å². The fourth-order valence-electron chi connectivity index (χ4n) is 6.57. The first kappa shape index (κ1) is 45.7. The number of aliphatic hydroxyl groups is 1. The Bertz CT molecular complexity index is 592. The van der Waals surface area contributed by atoms with Gasteiger partial charge in [-0.05, 0) is 76.9 Å². The SMILES string of the molecule is CCCCCCCC/C=C\CCCCCCCCC1(CCCCCCCC/C=C\CCCCCCCC)OCC(CCO)O1.CS. The largest absolute Gasteiger partial charge is 0.396 e. The van der Waals surface area contributed by atoms with Crippen LogP contribution in [-0.4, -0.2) is 36.5 Å². The molecule has 0 saturated carbocycles. The number of ether oxygens (including phenoxy) is 2. The van der Waals surface area contributed by atoms with Crippen LogP contribution in [0.1, 0.15) is 213 Å². The summed E-state index contributed by atoms with van der Waals surface area (Å²) in [4.78, 5) is 0. The Kier molecular flexibility index (Phi) is 37.3. The minimum atomic E-state index is -0.387. The van der Waals surface area contributed by atoms with Crippen LogP contribution < -0.4 is 0 Å². The van der Waals surface area contributed by atoms with Crippen LogP contribution in [0.3, 0.4) is 0 Å². The van der Waals surface area contributed by atoms with E-state index in [-0.39, 0.29) is 18.5 Å². The van der Waals surface area contributed by atoms with E-state index in [4.69, 9.17) is 9.47 Å². The van der Waals surface area contributed by atoms with Gasteiger partial charge in [-0.15, -0.1) is 0 Å². The molecule has 1 atom stereocenters. The number of aliphatic hydroxyl groups excluding tert-OH is 1. The third-order valence-corrected chi connectivity index (χ3v) is 9.50. The maximum atomic E-state index is 9.40. The van der Waals surface area contributed by atoms with Gasteiger partial charge in [0.25, 0.3) is 0 Å². The topological polar surface area (TPSA) is 38.7 Å². The van der Waals surface area contributed by atoms with Crippen molar-refractivity contribution in [1.29, 1.82) is 0 Å². The van der Waals surface area contributed by atoms with Gasteiger partial charge >= 0.3 is 0 Å². The van der Waals surface area contributed by atoms with Crippen molar-refractivity contribution in [3.8, 4) is 0 Å². The molecule has 1 aliphatic rings. The van der Waals surface area contributed by atoms with Crippen LogP contribution in [-0.2, 0) is 9.47 Å². The molecule has 1 aliphatic heterocycles. The lowest BCUT2D eigenvalue weighted by atomic mass is 9.98. The second-order valence-corrected chi connectivity index (χ2v) is 13.8. The van der Waals surface area contributed by atoms with Gasteiger partial charge in [-0.25, -0.2) is 0 Å². The summed E-state index contributed by atoms with van der Waals surface area (Å²) in [6.45, 7) is 5.41. The van der Waals surface area contributed by atoms with Crippen molar-refractivity contribution >= 4 is 12.6 Å².